The van der Waals surface area contributed by atoms with Crippen LogP contribution in [0.2, 0.25) is 5.02 Å². The van der Waals surface area contributed by atoms with Gasteiger partial charge in [0.15, 0.2) is 4.77 Å². The fourth-order valence-electron chi connectivity index (χ4n) is 2.34. The van der Waals surface area contributed by atoms with Crippen LogP contribution in [0.3, 0.4) is 0 Å². The first-order valence-corrected chi connectivity index (χ1v) is 6.68. The van der Waals surface area contributed by atoms with Gasteiger partial charge in [0.1, 0.15) is 0 Å². The van der Waals surface area contributed by atoms with Crippen LogP contribution in [0.4, 0.5) is 0 Å². The molecule has 92 valence electrons. The molecule has 0 radical (unpaired) electrons. The third-order valence-corrected chi connectivity index (χ3v) is 3.57. The Morgan fingerprint density at radius 3 is 2.71 bits per heavy atom. The van der Waals surface area contributed by atoms with E-state index >= 15 is 0 Å². The van der Waals surface area contributed by atoms with Gasteiger partial charge in [0, 0.05) is 6.04 Å². The summed E-state index contributed by atoms with van der Waals surface area (Å²) in [6, 6.07) is 6.29. The second-order valence-electron chi connectivity index (χ2n) is 4.91. The molecule has 0 aliphatic rings. The van der Waals surface area contributed by atoms with Gasteiger partial charge in [0.25, 0.3) is 0 Å². The van der Waals surface area contributed by atoms with E-state index in [1.807, 2.05) is 12.1 Å². The van der Waals surface area contributed by atoms with Gasteiger partial charge in [0.2, 0.25) is 0 Å². The minimum atomic E-state index is 0.384. The van der Waals surface area contributed by atoms with Gasteiger partial charge >= 0.3 is 0 Å². The second kappa shape index (κ2) is 4.83. The summed E-state index contributed by atoms with van der Waals surface area (Å²) < 4.78 is 2.91. The largest absolute Gasteiger partial charge is 0.329 e. The van der Waals surface area contributed by atoms with Crippen molar-refractivity contribution in [1.82, 2.24) is 9.55 Å². The first-order valence-electron chi connectivity index (χ1n) is 5.89. The van der Waals surface area contributed by atoms with E-state index in [2.05, 4.69) is 36.4 Å². The zero-order valence-corrected chi connectivity index (χ0v) is 11.9. The van der Waals surface area contributed by atoms with Crippen LogP contribution in [0.5, 0.6) is 0 Å². The van der Waals surface area contributed by atoms with Crippen molar-refractivity contribution < 1.29 is 0 Å². The number of fused-ring (bicyclic) bond motifs is 1. The van der Waals surface area contributed by atoms with Crippen LogP contribution in [0, 0.1) is 10.7 Å². The monoisotopic (exact) mass is 268 g/mol. The van der Waals surface area contributed by atoms with Crippen LogP contribution in [-0.4, -0.2) is 9.55 Å². The normalized spacial score (nSPS) is 13.5. The van der Waals surface area contributed by atoms with Crippen LogP contribution >= 0.6 is 23.8 Å². The second-order valence-corrected chi connectivity index (χ2v) is 5.71. The summed E-state index contributed by atoms with van der Waals surface area (Å²) in [6.07, 6.45) is 1.10. The lowest BCUT2D eigenvalue weighted by Gasteiger charge is -2.16. The third kappa shape index (κ3) is 2.40. The predicted molar refractivity (Wildman–Crippen MR) is 76.3 cm³/mol. The molecule has 2 nitrogen and oxygen atoms in total. The van der Waals surface area contributed by atoms with E-state index in [1.165, 1.54) is 0 Å². The molecule has 1 heterocycles. The smallest absolute Gasteiger partial charge is 0.178 e. The van der Waals surface area contributed by atoms with Crippen molar-refractivity contribution in [1.29, 1.82) is 0 Å². The molecule has 1 aromatic carbocycles. The number of nitrogens with zero attached hydrogens (tertiary/aromatic N) is 1. The summed E-state index contributed by atoms with van der Waals surface area (Å²) >= 11 is 11.6. The van der Waals surface area contributed by atoms with Gasteiger partial charge in [-0.2, -0.15) is 0 Å². The summed E-state index contributed by atoms with van der Waals surface area (Å²) in [5.41, 5.74) is 2.03. The Morgan fingerprint density at radius 1 is 1.35 bits per heavy atom. The van der Waals surface area contributed by atoms with E-state index in [4.69, 9.17) is 23.8 Å². The molecule has 2 aromatic rings. The number of H-pyrrole nitrogens is 1. The van der Waals surface area contributed by atoms with E-state index in [0.717, 1.165) is 27.2 Å². The zero-order valence-electron chi connectivity index (χ0n) is 10.3. The Labute approximate surface area is 112 Å². The topological polar surface area (TPSA) is 20.7 Å². The molecule has 0 fully saturated rings. The number of hydrogen-bond acceptors (Lipinski definition) is 1. The zero-order chi connectivity index (χ0) is 12.6. The van der Waals surface area contributed by atoms with Crippen LogP contribution in [0.1, 0.15) is 33.2 Å². The van der Waals surface area contributed by atoms with Crippen LogP contribution in [0.25, 0.3) is 11.0 Å². The highest BCUT2D eigenvalue weighted by atomic mass is 35.5. The summed E-state index contributed by atoms with van der Waals surface area (Å²) in [6.45, 7) is 6.65. The molecule has 0 aliphatic heterocycles. The van der Waals surface area contributed by atoms with Crippen LogP contribution in [0.15, 0.2) is 18.2 Å². The lowest BCUT2D eigenvalue weighted by molar-refractivity contribution is 0.432. The Kier molecular flexibility index (Phi) is 3.59. The molecule has 1 aromatic heterocycles. The molecule has 1 atom stereocenters. The Balaban J connectivity index is 2.57. The molecule has 1 N–H and O–H groups in total. The molecule has 0 saturated heterocycles. The minimum absolute atomic E-state index is 0.384. The SMILES string of the molecule is CC(C)CC(C)n1c(=S)[nH]c2c(Cl)cccc21. The van der Waals surface area contributed by atoms with Gasteiger partial charge < -0.3 is 9.55 Å². The summed E-state index contributed by atoms with van der Waals surface area (Å²) in [5.74, 6) is 0.649. The standard InChI is InChI=1S/C13H17ClN2S/c1-8(2)7-9(3)16-11-6-4-5-10(14)12(11)15-13(16)17/h4-6,8-9H,7H2,1-3H3,(H,15,17). The van der Waals surface area contributed by atoms with Gasteiger partial charge in [-0.05, 0) is 43.6 Å². The van der Waals surface area contributed by atoms with Crippen LogP contribution < -0.4 is 0 Å². The van der Waals surface area contributed by atoms with Gasteiger partial charge in [-0.1, -0.05) is 31.5 Å². The van der Waals surface area contributed by atoms with E-state index in [1.54, 1.807) is 0 Å². The molecule has 0 spiro atoms. The molecular formula is C13H17ClN2S. The minimum Gasteiger partial charge on any atom is -0.329 e. The van der Waals surface area contributed by atoms with Crippen molar-refractivity contribution in [2.24, 2.45) is 5.92 Å². The molecule has 0 amide bonds. The number of benzene rings is 1. The van der Waals surface area contributed by atoms with Gasteiger partial charge in [0.05, 0.1) is 16.1 Å². The molecule has 1 unspecified atom stereocenters. The number of aromatic amines is 1. The van der Waals surface area contributed by atoms with Crippen molar-refractivity contribution in [3.05, 3.63) is 28.0 Å². The summed E-state index contributed by atoms with van der Waals surface area (Å²) in [7, 11) is 0. The Bertz CT molecular complexity index is 583. The fraction of sp³-hybridized carbons (Fsp3) is 0.462. The molecule has 17 heavy (non-hydrogen) atoms. The molecule has 0 aliphatic carbocycles. The maximum atomic E-state index is 6.16. The fourth-order valence-corrected chi connectivity index (χ4v) is 2.94. The number of nitrogens with one attached hydrogen (secondary N) is 1. The molecule has 4 heteroatoms. The van der Waals surface area contributed by atoms with E-state index in [0.29, 0.717) is 12.0 Å². The number of para-hydroxylation sites is 1. The first-order chi connectivity index (χ1) is 8.00. The van der Waals surface area contributed by atoms with Crippen molar-refractivity contribution >= 4 is 34.9 Å². The van der Waals surface area contributed by atoms with E-state index in [-0.39, 0.29) is 0 Å². The number of imidazole rings is 1. The number of aromatic nitrogens is 2. The van der Waals surface area contributed by atoms with E-state index < -0.39 is 0 Å². The van der Waals surface area contributed by atoms with E-state index in [9.17, 15) is 0 Å². The lowest BCUT2D eigenvalue weighted by Crippen LogP contribution is -2.08. The van der Waals surface area contributed by atoms with Crippen molar-refractivity contribution in [2.45, 2.75) is 33.2 Å². The average Bonchev–Trinajstić information content (AvgIpc) is 2.55. The molecule has 2 rings (SSSR count). The maximum Gasteiger partial charge on any atom is 0.178 e. The third-order valence-electron chi connectivity index (χ3n) is 2.96. The number of rotatable bonds is 3. The Hall–Kier alpha value is -0.800. The van der Waals surface area contributed by atoms with Gasteiger partial charge in [-0.15, -0.1) is 0 Å². The van der Waals surface area contributed by atoms with Crippen molar-refractivity contribution in [2.75, 3.05) is 0 Å². The molecular weight excluding hydrogens is 252 g/mol. The first kappa shape index (κ1) is 12.7. The van der Waals surface area contributed by atoms with Crippen molar-refractivity contribution in [3.63, 3.8) is 0 Å². The predicted octanol–water partition coefficient (Wildman–Crippen LogP) is 4.96. The van der Waals surface area contributed by atoms with Crippen molar-refractivity contribution in [3.8, 4) is 0 Å². The number of halogens is 1. The van der Waals surface area contributed by atoms with Gasteiger partial charge in [-0.3, -0.25) is 0 Å². The molecule has 0 bridgehead atoms. The summed E-state index contributed by atoms with van der Waals surface area (Å²) in [5, 5.41) is 0.726. The highest BCUT2D eigenvalue weighted by Gasteiger charge is 2.13. The van der Waals surface area contributed by atoms with Gasteiger partial charge in [-0.25, -0.2) is 0 Å². The highest BCUT2D eigenvalue weighted by Crippen LogP contribution is 2.27. The quantitative estimate of drug-likeness (QED) is 0.781. The average molecular weight is 269 g/mol. The number of hydrogen-bond donors (Lipinski definition) is 1. The molecule has 0 saturated carbocycles. The maximum absolute atomic E-state index is 6.16. The summed E-state index contributed by atoms with van der Waals surface area (Å²) in [4.78, 5) is 3.20. The highest BCUT2D eigenvalue weighted by molar-refractivity contribution is 7.71. The Morgan fingerprint density at radius 2 is 2.06 bits per heavy atom. The van der Waals surface area contributed by atoms with Crippen LogP contribution in [-0.2, 0) is 0 Å². The lowest BCUT2D eigenvalue weighted by atomic mass is 10.1.